The van der Waals surface area contributed by atoms with E-state index in [-0.39, 0.29) is 16.8 Å². The number of hydrogen-bond acceptors (Lipinski definition) is 5. The third kappa shape index (κ3) is 6.06. The van der Waals surface area contributed by atoms with Gasteiger partial charge in [0.25, 0.3) is 0 Å². The van der Waals surface area contributed by atoms with E-state index in [9.17, 15) is 13.2 Å². The Balaban J connectivity index is 1.80. The molecule has 0 amide bonds. The van der Waals surface area contributed by atoms with E-state index in [4.69, 9.17) is 4.84 Å². The SMILES string of the molecule is CC(C)(C)C(=O)ON1CCC(CNS(=O)(=O)c2ccc(Br)cc2)CC1. The molecule has 0 bridgehead atoms. The molecule has 1 aromatic rings. The summed E-state index contributed by atoms with van der Waals surface area (Å²) in [7, 11) is -3.50. The maximum Gasteiger partial charge on any atom is 0.330 e. The summed E-state index contributed by atoms with van der Waals surface area (Å²) in [5, 5.41) is 1.67. The summed E-state index contributed by atoms with van der Waals surface area (Å²) in [6, 6.07) is 6.55. The molecule has 6 nitrogen and oxygen atoms in total. The van der Waals surface area contributed by atoms with Crippen LogP contribution in [-0.4, -0.2) is 39.1 Å². The molecule has 1 aromatic carbocycles. The lowest BCUT2D eigenvalue weighted by Gasteiger charge is -2.32. The lowest BCUT2D eigenvalue weighted by Crippen LogP contribution is -2.41. The minimum atomic E-state index is -3.50. The molecule has 140 valence electrons. The monoisotopic (exact) mass is 432 g/mol. The van der Waals surface area contributed by atoms with Crippen molar-refractivity contribution >= 4 is 31.9 Å². The van der Waals surface area contributed by atoms with Gasteiger partial charge >= 0.3 is 5.97 Å². The summed E-state index contributed by atoms with van der Waals surface area (Å²) in [5.41, 5.74) is -0.531. The van der Waals surface area contributed by atoms with E-state index in [1.54, 1.807) is 29.3 Å². The quantitative estimate of drug-likeness (QED) is 0.773. The number of halogens is 1. The van der Waals surface area contributed by atoms with Crippen LogP contribution in [0.5, 0.6) is 0 Å². The largest absolute Gasteiger partial charge is 0.367 e. The average molecular weight is 433 g/mol. The van der Waals surface area contributed by atoms with E-state index in [2.05, 4.69) is 20.7 Å². The summed E-state index contributed by atoms with van der Waals surface area (Å²) in [4.78, 5) is 17.5. The van der Waals surface area contributed by atoms with Crippen molar-refractivity contribution in [3.05, 3.63) is 28.7 Å². The molecule has 1 fully saturated rings. The van der Waals surface area contributed by atoms with Crippen molar-refractivity contribution in [3.8, 4) is 0 Å². The Morgan fingerprint density at radius 3 is 2.32 bits per heavy atom. The number of hydrogen-bond donors (Lipinski definition) is 1. The smallest absolute Gasteiger partial charge is 0.330 e. The zero-order chi connectivity index (χ0) is 18.7. The van der Waals surface area contributed by atoms with E-state index in [1.807, 2.05) is 20.8 Å². The summed E-state index contributed by atoms with van der Waals surface area (Å²) in [6.07, 6.45) is 1.56. The van der Waals surface area contributed by atoms with Crippen molar-refractivity contribution < 1.29 is 18.0 Å². The van der Waals surface area contributed by atoms with Gasteiger partial charge in [-0.2, -0.15) is 0 Å². The number of rotatable bonds is 5. The van der Waals surface area contributed by atoms with Gasteiger partial charge in [0.05, 0.1) is 10.3 Å². The fourth-order valence-corrected chi connectivity index (χ4v) is 3.76. The minimum Gasteiger partial charge on any atom is -0.367 e. The normalized spacial score (nSPS) is 17.4. The van der Waals surface area contributed by atoms with Crippen LogP contribution >= 0.6 is 15.9 Å². The summed E-state index contributed by atoms with van der Waals surface area (Å²) in [6.45, 7) is 7.08. The van der Waals surface area contributed by atoms with Crippen molar-refractivity contribution in [3.63, 3.8) is 0 Å². The maximum atomic E-state index is 12.3. The van der Waals surface area contributed by atoms with Gasteiger partial charge in [0.2, 0.25) is 10.0 Å². The molecule has 0 radical (unpaired) electrons. The van der Waals surface area contributed by atoms with Crippen LogP contribution in [0.4, 0.5) is 0 Å². The van der Waals surface area contributed by atoms with Crippen LogP contribution in [0.25, 0.3) is 0 Å². The number of carbonyl (C=O) groups is 1. The van der Waals surface area contributed by atoms with Crippen LogP contribution < -0.4 is 4.72 Å². The van der Waals surface area contributed by atoms with Crippen molar-refractivity contribution in [2.45, 2.75) is 38.5 Å². The first kappa shape index (κ1) is 20.4. The second kappa shape index (κ2) is 8.16. The Hall–Kier alpha value is -0.960. The van der Waals surface area contributed by atoms with Gasteiger partial charge < -0.3 is 4.84 Å². The second-order valence-corrected chi connectivity index (χ2v) is 9.99. The Labute approximate surface area is 158 Å². The van der Waals surface area contributed by atoms with Crippen LogP contribution in [0, 0.1) is 11.3 Å². The molecular formula is C17H25BrN2O4S. The molecule has 1 aliphatic heterocycles. The predicted molar refractivity (Wildman–Crippen MR) is 99.2 cm³/mol. The molecule has 1 N–H and O–H groups in total. The number of piperidine rings is 1. The molecule has 8 heteroatoms. The standard InChI is InChI=1S/C17H25BrN2O4S/c1-17(2,3)16(21)24-20-10-8-13(9-11-20)12-19-25(22,23)15-6-4-14(18)5-7-15/h4-7,13,19H,8-12H2,1-3H3. The highest BCUT2D eigenvalue weighted by molar-refractivity contribution is 9.10. The van der Waals surface area contributed by atoms with Gasteiger partial charge in [-0.25, -0.2) is 17.9 Å². The molecule has 1 saturated heterocycles. The molecule has 0 unspecified atom stereocenters. The topological polar surface area (TPSA) is 75.7 Å². The Morgan fingerprint density at radius 2 is 1.80 bits per heavy atom. The van der Waals surface area contributed by atoms with Gasteiger partial charge in [-0.05, 0) is 63.8 Å². The summed E-state index contributed by atoms with van der Waals surface area (Å²) >= 11 is 3.29. The van der Waals surface area contributed by atoms with Gasteiger partial charge in [0, 0.05) is 24.1 Å². The molecule has 0 spiro atoms. The van der Waals surface area contributed by atoms with Gasteiger partial charge in [0.1, 0.15) is 0 Å². The Morgan fingerprint density at radius 1 is 1.24 bits per heavy atom. The summed E-state index contributed by atoms with van der Waals surface area (Å²) < 4.78 is 28.1. The molecule has 0 aromatic heterocycles. The van der Waals surface area contributed by atoms with E-state index in [0.29, 0.717) is 19.6 Å². The zero-order valence-electron chi connectivity index (χ0n) is 14.8. The zero-order valence-corrected chi connectivity index (χ0v) is 17.2. The van der Waals surface area contributed by atoms with Crippen LogP contribution in [-0.2, 0) is 19.7 Å². The van der Waals surface area contributed by atoms with Gasteiger partial charge in [-0.15, -0.1) is 5.06 Å². The second-order valence-electron chi connectivity index (χ2n) is 7.31. The molecule has 0 atom stereocenters. The van der Waals surface area contributed by atoms with Gasteiger partial charge in [-0.3, -0.25) is 0 Å². The van der Waals surface area contributed by atoms with Crippen molar-refractivity contribution in [1.29, 1.82) is 0 Å². The molecule has 1 aliphatic rings. The highest BCUT2D eigenvalue weighted by atomic mass is 79.9. The molecule has 25 heavy (non-hydrogen) atoms. The van der Waals surface area contributed by atoms with Crippen molar-refractivity contribution in [1.82, 2.24) is 9.79 Å². The minimum absolute atomic E-state index is 0.231. The van der Waals surface area contributed by atoms with Crippen molar-refractivity contribution in [2.24, 2.45) is 11.3 Å². The fraction of sp³-hybridized carbons (Fsp3) is 0.588. The van der Waals surface area contributed by atoms with Crippen LogP contribution in [0.15, 0.2) is 33.6 Å². The number of nitrogens with one attached hydrogen (secondary N) is 1. The Kier molecular flexibility index (Phi) is 6.64. The third-order valence-electron chi connectivity index (χ3n) is 4.08. The molecule has 2 rings (SSSR count). The predicted octanol–water partition coefficient (Wildman–Crippen LogP) is 2.94. The van der Waals surface area contributed by atoms with Crippen LogP contribution in [0.2, 0.25) is 0 Å². The molecule has 1 heterocycles. The first-order chi connectivity index (χ1) is 11.6. The molecule has 0 saturated carbocycles. The number of sulfonamides is 1. The van der Waals surface area contributed by atoms with Gasteiger partial charge in [0.15, 0.2) is 0 Å². The number of nitrogens with zero attached hydrogens (tertiary/aromatic N) is 1. The fourth-order valence-electron chi connectivity index (χ4n) is 2.38. The number of hydroxylamine groups is 2. The van der Waals surface area contributed by atoms with E-state index in [1.165, 1.54) is 0 Å². The average Bonchev–Trinajstić information content (AvgIpc) is 2.54. The van der Waals surface area contributed by atoms with E-state index < -0.39 is 15.4 Å². The summed E-state index contributed by atoms with van der Waals surface area (Å²) in [5.74, 6) is -0.0169. The number of benzene rings is 1. The van der Waals surface area contributed by atoms with Crippen LogP contribution in [0.1, 0.15) is 33.6 Å². The first-order valence-corrected chi connectivity index (χ1v) is 10.6. The van der Waals surface area contributed by atoms with Crippen LogP contribution in [0.3, 0.4) is 0 Å². The highest BCUT2D eigenvalue weighted by Crippen LogP contribution is 2.21. The molecular weight excluding hydrogens is 408 g/mol. The van der Waals surface area contributed by atoms with E-state index in [0.717, 1.165) is 17.3 Å². The lowest BCUT2D eigenvalue weighted by atomic mass is 9.97. The number of carbonyl (C=O) groups excluding carboxylic acids is 1. The highest BCUT2D eigenvalue weighted by Gasteiger charge is 2.28. The van der Waals surface area contributed by atoms with Crippen molar-refractivity contribution in [2.75, 3.05) is 19.6 Å². The first-order valence-electron chi connectivity index (χ1n) is 8.30. The third-order valence-corrected chi connectivity index (χ3v) is 6.05. The Bertz CT molecular complexity index is 690. The maximum absolute atomic E-state index is 12.3. The lowest BCUT2D eigenvalue weighted by molar-refractivity contribution is -0.205. The van der Waals surface area contributed by atoms with E-state index >= 15 is 0 Å². The van der Waals surface area contributed by atoms with Gasteiger partial charge in [-0.1, -0.05) is 15.9 Å². The molecule has 0 aliphatic carbocycles.